The topological polar surface area (TPSA) is 101 Å². The third-order valence-electron chi connectivity index (χ3n) is 4.06. The van der Waals surface area contributed by atoms with Crippen LogP contribution in [-0.4, -0.2) is 35.5 Å². The second-order valence-electron chi connectivity index (χ2n) is 5.57. The summed E-state index contributed by atoms with van der Waals surface area (Å²) >= 11 is 0. The number of azo groups is 1. The molecule has 1 aromatic heterocycles. The summed E-state index contributed by atoms with van der Waals surface area (Å²) in [5.74, 6) is -1.40. The van der Waals surface area contributed by atoms with Gasteiger partial charge in [-0.2, -0.15) is 0 Å². The fraction of sp³-hybridized carbons (Fsp3) is 0.400. The van der Waals surface area contributed by atoms with E-state index in [1.807, 2.05) is 25.1 Å². The van der Waals surface area contributed by atoms with E-state index in [2.05, 4.69) is 10.2 Å². The number of fused-ring (bicyclic) bond motifs is 1. The van der Waals surface area contributed by atoms with E-state index in [4.69, 9.17) is 0 Å². The van der Waals surface area contributed by atoms with Crippen LogP contribution in [0.3, 0.4) is 0 Å². The molecule has 122 valence electrons. The van der Waals surface area contributed by atoms with Crippen molar-refractivity contribution >= 4 is 32.3 Å². The van der Waals surface area contributed by atoms with Gasteiger partial charge in [-0.15, -0.1) is 10.2 Å². The number of hydrogen-bond acceptors (Lipinski definition) is 5. The molecular weight excluding hydrogens is 318 g/mol. The molecule has 2 heterocycles. The molecule has 1 aliphatic heterocycles. The molecule has 1 atom stereocenters. The van der Waals surface area contributed by atoms with Crippen LogP contribution in [0.25, 0.3) is 10.9 Å². The fourth-order valence-electron chi connectivity index (χ4n) is 2.86. The zero-order chi connectivity index (χ0) is 16.6. The Balaban J connectivity index is 1.93. The van der Waals surface area contributed by atoms with Gasteiger partial charge in [0.05, 0.1) is 22.9 Å². The minimum absolute atomic E-state index is 0.0132. The number of sulfone groups is 1. The maximum atomic E-state index is 12.0. The number of amides is 1. The van der Waals surface area contributed by atoms with Crippen LogP contribution in [0, 0.1) is 5.92 Å². The van der Waals surface area contributed by atoms with Gasteiger partial charge in [0.25, 0.3) is 5.91 Å². The average molecular weight is 335 g/mol. The molecule has 0 bridgehead atoms. The van der Waals surface area contributed by atoms with E-state index in [0.29, 0.717) is 11.9 Å². The van der Waals surface area contributed by atoms with Crippen LogP contribution in [0.5, 0.6) is 5.88 Å². The van der Waals surface area contributed by atoms with Gasteiger partial charge in [-0.05, 0) is 19.4 Å². The Labute approximate surface area is 133 Å². The van der Waals surface area contributed by atoms with E-state index in [1.54, 1.807) is 10.6 Å². The lowest BCUT2D eigenvalue weighted by molar-refractivity contribution is -0.121. The summed E-state index contributed by atoms with van der Waals surface area (Å²) in [7, 11) is -3.14. The quantitative estimate of drug-likeness (QED) is 0.870. The van der Waals surface area contributed by atoms with Gasteiger partial charge in [-0.25, -0.2) is 8.42 Å². The third-order valence-corrected chi connectivity index (χ3v) is 5.83. The van der Waals surface area contributed by atoms with E-state index in [9.17, 15) is 18.3 Å². The van der Waals surface area contributed by atoms with Crippen LogP contribution >= 0.6 is 0 Å². The number of benzene rings is 1. The molecule has 1 amide bonds. The summed E-state index contributed by atoms with van der Waals surface area (Å²) < 4.78 is 24.5. The van der Waals surface area contributed by atoms with Gasteiger partial charge in [0, 0.05) is 11.9 Å². The maximum absolute atomic E-state index is 12.0. The maximum Gasteiger partial charge on any atom is 0.268 e. The van der Waals surface area contributed by atoms with E-state index in [0.717, 1.165) is 5.52 Å². The molecule has 0 unspecified atom stereocenters. The Morgan fingerprint density at radius 3 is 2.78 bits per heavy atom. The van der Waals surface area contributed by atoms with Gasteiger partial charge < -0.3 is 9.67 Å². The first-order valence-electron chi connectivity index (χ1n) is 7.39. The van der Waals surface area contributed by atoms with Gasteiger partial charge in [-0.1, -0.05) is 18.2 Å². The molecule has 3 rings (SSSR count). The second kappa shape index (κ2) is 5.77. The third kappa shape index (κ3) is 2.86. The van der Waals surface area contributed by atoms with Crippen LogP contribution in [0.2, 0.25) is 0 Å². The summed E-state index contributed by atoms with van der Waals surface area (Å²) in [6.07, 6.45) is 0.281. The predicted molar refractivity (Wildman–Crippen MR) is 85.6 cm³/mol. The lowest BCUT2D eigenvalue weighted by Crippen LogP contribution is -2.13. The minimum atomic E-state index is -3.14. The number of para-hydroxylation sites is 1. The van der Waals surface area contributed by atoms with Crippen LogP contribution < -0.4 is 0 Å². The average Bonchev–Trinajstić information content (AvgIpc) is 3.02. The van der Waals surface area contributed by atoms with Gasteiger partial charge in [0.1, 0.15) is 0 Å². The number of aryl methyl sites for hydroxylation is 1. The molecule has 1 aromatic carbocycles. The van der Waals surface area contributed by atoms with Crippen molar-refractivity contribution in [1.82, 2.24) is 4.57 Å². The second-order valence-corrected chi connectivity index (χ2v) is 7.80. The molecule has 1 saturated heterocycles. The zero-order valence-electron chi connectivity index (χ0n) is 12.6. The molecule has 0 radical (unpaired) electrons. The fourth-order valence-corrected chi connectivity index (χ4v) is 4.59. The first-order valence-corrected chi connectivity index (χ1v) is 9.21. The zero-order valence-corrected chi connectivity index (χ0v) is 13.5. The molecule has 23 heavy (non-hydrogen) atoms. The number of aromatic hydroxyl groups is 1. The Hall–Kier alpha value is -2.22. The normalized spacial score (nSPS) is 20.5. The number of carbonyl (C=O) groups is 1. The standard InChI is InChI=1S/C15H17N3O4S/c1-2-18-12-6-4-3-5-11(12)13(15(18)20)16-17-14(19)10-7-8-23(21,22)9-10/h3-6,10,20H,2,7-9H2,1H3/t10-/m0/s1. The van der Waals surface area contributed by atoms with Crippen molar-refractivity contribution in [2.45, 2.75) is 19.9 Å². The summed E-state index contributed by atoms with van der Waals surface area (Å²) in [6, 6.07) is 7.30. The van der Waals surface area contributed by atoms with Crippen molar-refractivity contribution in [2.24, 2.45) is 16.1 Å². The van der Waals surface area contributed by atoms with Crippen molar-refractivity contribution in [2.75, 3.05) is 11.5 Å². The number of carbonyl (C=O) groups excluding carboxylic acids is 1. The van der Waals surface area contributed by atoms with Crippen molar-refractivity contribution in [1.29, 1.82) is 0 Å². The minimum Gasteiger partial charge on any atom is -0.493 e. The molecule has 8 heteroatoms. The number of rotatable bonds is 3. The van der Waals surface area contributed by atoms with E-state index < -0.39 is 21.7 Å². The molecule has 0 spiro atoms. The van der Waals surface area contributed by atoms with Gasteiger partial charge in [0.15, 0.2) is 15.5 Å². The lowest BCUT2D eigenvalue weighted by atomic mass is 10.1. The number of hydrogen-bond donors (Lipinski definition) is 1. The molecule has 1 N–H and O–H groups in total. The SMILES string of the molecule is CCn1c(O)c(N=NC(=O)[C@H]2CCS(=O)(=O)C2)c2ccccc21. The van der Waals surface area contributed by atoms with Gasteiger partial charge in [0.2, 0.25) is 5.88 Å². The molecule has 0 aliphatic carbocycles. The van der Waals surface area contributed by atoms with Crippen LogP contribution in [0.1, 0.15) is 13.3 Å². The highest BCUT2D eigenvalue weighted by molar-refractivity contribution is 7.91. The summed E-state index contributed by atoms with van der Waals surface area (Å²) in [6.45, 7) is 2.44. The van der Waals surface area contributed by atoms with E-state index in [-0.39, 0.29) is 29.5 Å². The van der Waals surface area contributed by atoms with Crippen molar-refractivity contribution in [3.05, 3.63) is 24.3 Å². The Bertz CT molecular complexity index is 899. The highest BCUT2D eigenvalue weighted by atomic mass is 32.2. The van der Waals surface area contributed by atoms with E-state index >= 15 is 0 Å². The first-order chi connectivity index (χ1) is 10.9. The van der Waals surface area contributed by atoms with Gasteiger partial charge >= 0.3 is 0 Å². The molecular formula is C15H17N3O4S. The molecule has 7 nitrogen and oxygen atoms in total. The van der Waals surface area contributed by atoms with Crippen LogP contribution in [0.4, 0.5) is 5.69 Å². The number of nitrogens with zero attached hydrogens (tertiary/aromatic N) is 3. The number of aromatic nitrogens is 1. The molecule has 0 saturated carbocycles. The molecule has 1 fully saturated rings. The smallest absolute Gasteiger partial charge is 0.268 e. The summed E-state index contributed by atoms with van der Waals surface area (Å²) in [5.41, 5.74) is 1.04. The molecule has 2 aromatic rings. The molecule has 1 aliphatic rings. The largest absolute Gasteiger partial charge is 0.493 e. The summed E-state index contributed by atoms with van der Waals surface area (Å²) in [4.78, 5) is 12.0. The van der Waals surface area contributed by atoms with E-state index in [1.165, 1.54) is 0 Å². The predicted octanol–water partition coefficient (Wildman–Crippen LogP) is 2.41. The first kappa shape index (κ1) is 15.7. The monoisotopic (exact) mass is 335 g/mol. The Kier molecular flexibility index (Phi) is 3.93. The van der Waals surface area contributed by atoms with Crippen molar-refractivity contribution in [3.63, 3.8) is 0 Å². The Morgan fingerprint density at radius 2 is 2.13 bits per heavy atom. The highest BCUT2D eigenvalue weighted by Gasteiger charge is 2.33. The van der Waals surface area contributed by atoms with Crippen molar-refractivity contribution < 1.29 is 18.3 Å². The summed E-state index contributed by atoms with van der Waals surface area (Å²) in [5, 5.41) is 18.5. The van der Waals surface area contributed by atoms with Crippen LogP contribution in [0.15, 0.2) is 34.5 Å². The highest BCUT2D eigenvalue weighted by Crippen LogP contribution is 2.38. The van der Waals surface area contributed by atoms with Gasteiger partial charge in [-0.3, -0.25) is 4.79 Å². The van der Waals surface area contributed by atoms with Crippen LogP contribution in [-0.2, 0) is 21.2 Å². The lowest BCUT2D eigenvalue weighted by Gasteiger charge is -2.01. The Morgan fingerprint density at radius 1 is 1.39 bits per heavy atom. The van der Waals surface area contributed by atoms with Crippen molar-refractivity contribution in [3.8, 4) is 5.88 Å².